The van der Waals surface area contributed by atoms with Gasteiger partial charge < -0.3 is 10.5 Å². The van der Waals surface area contributed by atoms with Crippen LogP contribution in [0, 0.1) is 6.92 Å². The van der Waals surface area contributed by atoms with E-state index in [0.29, 0.717) is 17.3 Å². The fourth-order valence-electron chi connectivity index (χ4n) is 3.06. The Bertz CT molecular complexity index is 1680. The van der Waals surface area contributed by atoms with Gasteiger partial charge in [-0.2, -0.15) is 30.4 Å². The average Bonchev–Trinajstić information content (AvgIpc) is 2.69. The number of nitrogen functional groups attached to an aromatic ring is 1. The molecule has 0 bridgehead atoms. The van der Waals surface area contributed by atoms with Crippen molar-refractivity contribution in [2.75, 3.05) is 12.8 Å². The quantitative estimate of drug-likeness (QED) is 0.205. The molecule has 0 aliphatic heterocycles. The zero-order valence-electron chi connectivity index (χ0n) is 17.4. The Hall–Kier alpha value is -3.15. The number of hydrogen-bond acceptors (Lipinski definition) is 10. The first kappa shape index (κ1) is 25.5. The molecule has 0 atom stereocenters. The molecular weight excluding hydrogens is 514 g/mol. The maximum absolute atomic E-state index is 12.0. The fourth-order valence-corrected chi connectivity index (χ4v) is 5.05. The Balaban J connectivity index is 2.38. The summed E-state index contributed by atoms with van der Waals surface area (Å²) in [7, 11) is -13.6. The van der Waals surface area contributed by atoms with Gasteiger partial charge in [0, 0.05) is 11.5 Å². The highest BCUT2D eigenvalue weighted by Gasteiger charge is 2.24. The van der Waals surface area contributed by atoms with Crippen LogP contribution in [-0.4, -0.2) is 46.0 Å². The molecule has 3 aromatic rings. The summed E-state index contributed by atoms with van der Waals surface area (Å²) in [5.41, 5.74) is 6.29. The van der Waals surface area contributed by atoms with E-state index < -0.39 is 50.7 Å². The molecule has 13 nitrogen and oxygen atoms in total. The molecule has 0 aromatic heterocycles. The normalized spacial score (nSPS) is 13.0. The van der Waals surface area contributed by atoms with Gasteiger partial charge in [0.2, 0.25) is 0 Å². The summed E-state index contributed by atoms with van der Waals surface area (Å²) < 4.78 is 104. The van der Waals surface area contributed by atoms with E-state index in [9.17, 15) is 38.9 Å². The van der Waals surface area contributed by atoms with E-state index in [-0.39, 0.29) is 22.2 Å². The number of methoxy groups -OCH3 is 1. The average molecular weight is 532 g/mol. The number of nitrogens with two attached hydrogens (primary N) is 1. The van der Waals surface area contributed by atoms with Crippen LogP contribution in [0.4, 0.5) is 17.1 Å². The molecule has 5 N–H and O–H groups in total. The van der Waals surface area contributed by atoms with Gasteiger partial charge >= 0.3 is 0 Å². The lowest BCUT2D eigenvalue weighted by atomic mass is 10.1. The van der Waals surface area contributed by atoms with Gasteiger partial charge in [0.05, 0.1) is 23.4 Å². The second-order valence-electron chi connectivity index (χ2n) is 6.97. The first-order chi connectivity index (χ1) is 15.5. The minimum atomic E-state index is -5.06. The van der Waals surface area contributed by atoms with Crippen molar-refractivity contribution < 1.29 is 43.6 Å². The van der Waals surface area contributed by atoms with Gasteiger partial charge in [-0.3, -0.25) is 13.7 Å². The van der Waals surface area contributed by atoms with Crippen LogP contribution in [0.5, 0.6) is 5.75 Å². The van der Waals surface area contributed by atoms with Gasteiger partial charge in [-0.05, 0) is 48.2 Å². The third-order valence-corrected chi connectivity index (χ3v) is 7.24. The number of fused-ring (bicyclic) bond motifs is 1. The Morgan fingerprint density at radius 1 is 0.765 bits per heavy atom. The summed E-state index contributed by atoms with van der Waals surface area (Å²) in [5, 5.41) is 7.00. The van der Waals surface area contributed by atoms with Crippen molar-refractivity contribution in [3.63, 3.8) is 0 Å². The second-order valence-corrected chi connectivity index (χ2v) is 11.2. The Kier molecular flexibility index (Phi) is 6.42. The molecule has 34 heavy (non-hydrogen) atoms. The predicted molar refractivity (Wildman–Crippen MR) is 120 cm³/mol. The third-order valence-electron chi connectivity index (χ3n) is 4.64. The Labute approximate surface area is 194 Å². The molecule has 0 fully saturated rings. The lowest BCUT2D eigenvalue weighted by molar-refractivity contribution is 0.417. The zero-order chi connectivity index (χ0) is 25.6. The molecule has 0 unspecified atom stereocenters. The molecule has 0 amide bonds. The molecule has 3 aromatic carbocycles. The van der Waals surface area contributed by atoms with Crippen molar-refractivity contribution in [2.24, 2.45) is 10.2 Å². The SMILES string of the molecule is COc1cc(N=Nc2cc3c(S(=O)(=O)O)cc(S(=O)(=O)O)cc3cc2S(=O)(=O)O)c(C)cc1N. The van der Waals surface area contributed by atoms with Crippen LogP contribution in [0.3, 0.4) is 0 Å². The van der Waals surface area contributed by atoms with E-state index >= 15 is 0 Å². The number of hydrogen-bond donors (Lipinski definition) is 4. The van der Waals surface area contributed by atoms with Crippen molar-refractivity contribution in [3.05, 3.63) is 42.0 Å². The second kappa shape index (κ2) is 8.57. The summed E-state index contributed by atoms with van der Waals surface area (Å²) in [6.45, 7) is 1.63. The highest BCUT2D eigenvalue weighted by atomic mass is 32.2. The van der Waals surface area contributed by atoms with Crippen molar-refractivity contribution in [1.82, 2.24) is 0 Å². The number of anilines is 1. The van der Waals surface area contributed by atoms with Gasteiger partial charge in [-0.25, -0.2) is 0 Å². The van der Waals surface area contributed by atoms with Gasteiger partial charge in [0.1, 0.15) is 21.2 Å². The summed E-state index contributed by atoms with van der Waals surface area (Å²) in [6.07, 6.45) is 0. The highest BCUT2D eigenvalue weighted by Crippen LogP contribution is 2.37. The van der Waals surface area contributed by atoms with Crippen molar-refractivity contribution >= 4 is 58.2 Å². The zero-order valence-corrected chi connectivity index (χ0v) is 19.8. The van der Waals surface area contributed by atoms with Crippen molar-refractivity contribution in [3.8, 4) is 5.75 Å². The monoisotopic (exact) mass is 531 g/mol. The first-order valence-corrected chi connectivity index (χ1v) is 13.2. The molecular formula is C18H17N3O10S3. The molecule has 0 radical (unpaired) electrons. The van der Waals surface area contributed by atoms with Gasteiger partial charge in [-0.1, -0.05) is 0 Å². The molecule has 0 aliphatic rings. The Morgan fingerprint density at radius 2 is 1.35 bits per heavy atom. The van der Waals surface area contributed by atoms with E-state index in [4.69, 9.17) is 10.5 Å². The standard InChI is InChI=1S/C18H17N3O10S3/c1-9-3-13(19)16(31-2)8-14(9)20-21-15-7-12-10(5-18(15)34(28,29)30)4-11(32(22,23)24)6-17(12)33(25,26)27/h3-8H,19H2,1-2H3,(H,22,23,24)(H,25,26,27)(H,28,29,30). The molecule has 0 saturated carbocycles. The van der Waals surface area contributed by atoms with Crippen LogP contribution in [-0.2, 0) is 30.4 Å². The van der Waals surface area contributed by atoms with Crippen LogP contribution < -0.4 is 10.5 Å². The first-order valence-electron chi connectivity index (χ1n) is 8.92. The minimum absolute atomic E-state index is 0.198. The molecule has 3 rings (SSSR count). The molecule has 16 heteroatoms. The van der Waals surface area contributed by atoms with Gasteiger partial charge in [0.25, 0.3) is 30.4 Å². The number of rotatable bonds is 6. The van der Waals surface area contributed by atoms with Crippen LogP contribution >= 0.6 is 0 Å². The summed E-state index contributed by atoms with van der Waals surface area (Å²) in [4.78, 5) is -2.74. The molecule has 0 heterocycles. The van der Waals surface area contributed by atoms with Crippen LogP contribution in [0.15, 0.2) is 61.3 Å². The number of azo groups is 1. The lowest BCUT2D eigenvalue weighted by Gasteiger charge is -2.10. The topological polar surface area (TPSA) is 223 Å². The lowest BCUT2D eigenvalue weighted by Crippen LogP contribution is -2.05. The largest absolute Gasteiger partial charge is 0.495 e. The number of aryl methyl sites for hydroxylation is 1. The van der Waals surface area contributed by atoms with E-state index in [2.05, 4.69) is 10.2 Å². The van der Waals surface area contributed by atoms with Gasteiger partial charge in [0.15, 0.2) is 0 Å². The maximum Gasteiger partial charge on any atom is 0.296 e. The van der Waals surface area contributed by atoms with Crippen LogP contribution in [0.25, 0.3) is 10.8 Å². The highest BCUT2D eigenvalue weighted by molar-refractivity contribution is 7.87. The smallest absolute Gasteiger partial charge is 0.296 e. The summed E-state index contributed by atoms with van der Waals surface area (Å²) >= 11 is 0. The van der Waals surface area contributed by atoms with E-state index in [0.717, 1.165) is 18.2 Å². The van der Waals surface area contributed by atoms with Crippen LogP contribution in [0.2, 0.25) is 0 Å². The van der Waals surface area contributed by atoms with Crippen molar-refractivity contribution in [1.29, 1.82) is 0 Å². The predicted octanol–water partition coefficient (Wildman–Crippen LogP) is 2.89. The molecule has 0 saturated heterocycles. The summed E-state index contributed by atoms with van der Waals surface area (Å²) in [5.74, 6) is 0.250. The van der Waals surface area contributed by atoms with Gasteiger partial charge in [-0.15, -0.1) is 5.11 Å². The summed E-state index contributed by atoms with van der Waals surface area (Å²) in [6, 6.07) is 5.75. The number of nitrogens with zero attached hydrogens (tertiary/aromatic N) is 2. The third kappa shape index (κ3) is 5.16. The molecule has 182 valence electrons. The number of ether oxygens (including phenoxy) is 1. The molecule has 0 spiro atoms. The van der Waals surface area contributed by atoms with E-state index in [1.54, 1.807) is 6.92 Å². The van der Waals surface area contributed by atoms with Crippen LogP contribution in [0.1, 0.15) is 5.56 Å². The van der Waals surface area contributed by atoms with E-state index in [1.807, 2.05) is 0 Å². The molecule has 0 aliphatic carbocycles. The van der Waals surface area contributed by atoms with Crippen molar-refractivity contribution in [2.45, 2.75) is 21.6 Å². The number of benzene rings is 3. The van der Waals surface area contributed by atoms with E-state index in [1.165, 1.54) is 19.2 Å². The minimum Gasteiger partial charge on any atom is -0.495 e. The maximum atomic E-state index is 12.0. The fraction of sp³-hybridized carbons (Fsp3) is 0.111. The Morgan fingerprint density at radius 3 is 1.88 bits per heavy atom.